The third kappa shape index (κ3) is 7.80. The SMILES string of the molecule is N#Cc1c(-n2c3ccc(-c4ccccc4)cc3c3cc(-c4ccccc4)ccc32)cc(-c2cc(-c3ccccc3)nc(-c3ccccc3)n2)cc1-n1c2ccc(-c3ccccc3)cc2c2cc(C3C=CC=CC3)ccc21. The minimum absolute atomic E-state index is 0.255. The number of benzene rings is 10. The van der Waals surface area contributed by atoms with Gasteiger partial charge < -0.3 is 9.13 Å². The van der Waals surface area contributed by atoms with Crippen molar-refractivity contribution in [3.63, 3.8) is 0 Å². The van der Waals surface area contributed by atoms with Crippen molar-refractivity contribution in [3.05, 3.63) is 278 Å². The zero-order valence-electron chi connectivity index (χ0n) is 41.4. The number of aromatic nitrogens is 4. The molecule has 76 heavy (non-hydrogen) atoms. The quantitative estimate of drug-likeness (QED) is 0.145. The molecular formula is C71H47N5. The van der Waals surface area contributed by atoms with Crippen molar-refractivity contribution < 1.29 is 0 Å². The third-order valence-electron chi connectivity index (χ3n) is 15.1. The van der Waals surface area contributed by atoms with Gasteiger partial charge in [0.05, 0.1) is 44.8 Å². The van der Waals surface area contributed by atoms with E-state index in [0.29, 0.717) is 11.4 Å². The van der Waals surface area contributed by atoms with E-state index in [1.807, 2.05) is 36.4 Å². The summed E-state index contributed by atoms with van der Waals surface area (Å²) in [5, 5.41) is 16.4. The first kappa shape index (κ1) is 44.5. The molecule has 0 aliphatic heterocycles. The number of nitrogens with zero attached hydrogens (tertiary/aromatic N) is 5. The van der Waals surface area contributed by atoms with Crippen LogP contribution in [0.15, 0.2) is 267 Å². The van der Waals surface area contributed by atoms with Crippen LogP contribution in [0.4, 0.5) is 0 Å². The Kier molecular flexibility index (Phi) is 11.0. The summed E-state index contributed by atoms with van der Waals surface area (Å²) in [6.45, 7) is 0. The Balaban J connectivity index is 1.10. The molecule has 356 valence electrons. The van der Waals surface area contributed by atoms with Gasteiger partial charge in [0, 0.05) is 44.2 Å². The Morgan fingerprint density at radius 3 is 1.21 bits per heavy atom. The van der Waals surface area contributed by atoms with Crippen LogP contribution in [0, 0.1) is 11.3 Å². The van der Waals surface area contributed by atoms with E-state index in [1.54, 1.807) is 0 Å². The fourth-order valence-corrected chi connectivity index (χ4v) is 11.4. The molecule has 0 spiro atoms. The molecule has 0 fully saturated rings. The number of hydrogen-bond donors (Lipinski definition) is 0. The smallest absolute Gasteiger partial charge is 0.160 e. The van der Waals surface area contributed by atoms with Crippen molar-refractivity contribution in [3.8, 4) is 84.7 Å². The molecule has 0 saturated heterocycles. The average Bonchev–Trinajstić information content (AvgIpc) is 4.10. The third-order valence-corrected chi connectivity index (χ3v) is 15.1. The maximum absolute atomic E-state index is 12.0. The Morgan fingerprint density at radius 2 is 0.776 bits per heavy atom. The first-order valence-electron chi connectivity index (χ1n) is 25.9. The highest BCUT2D eigenvalue weighted by atomic mass is 15.0. The van der Waals surface area contributed by atoms with E-state index in [1.165, 1.54) is 5.56 Å². The van der Waals surface area contributed by atoms with Crippen LogP contribution in [0.2, 0.25) is 0 Å². The summed E-state index contributed by atoms with van der Waals surface area (Å²) in [6.07, 6.45) is 9.77. The second-order valence-corrected chi connectivity index (χ2v) is 19.6. The second kappa shape index (κ2) is 18.7. The first-order chi connectivity index (χ1) is 37.6. The van der Waals surface area contributed by atoms with Crippen LogP contribution in [-0.2, 0) is 0 Å². The van der Waals surface area contributed by atoms with Crippen molar-refractivity contribution in [1.82, 2.24) is 19.1 Å². The molecule has 1 aliphatic rings. The molecule has 3 heterocycles. The molecule has 1 unspecified atom stereocenters. The van der Waals surface area contributed by atoms with E-state index in [0.717, 1.165) is 123 Å². The van der Waals surface area contributed by atoms with Gasteiger partial charge in [0.15, 0.2) is 5.82 Å². The minimum Gasteiger partial charge on any atom is -0.308 e. The molecule has 0 N–H and O–H groups in total. The standard InChI is InChI=1S/C71H47N5/c72-46-62-69(75-65-35-31-53(47-19-7-1-8-20-47)39-58(65)59-40-54(32-36-66(59)75)48-21-9-2-10-22-48)43-57(64-45-63(51-27-15-5-16-28-51)73-71(74-64)52-29-17-6-18-30-52)44-70(62)76-67-37-33-55(49-23-11-3-12-24-49)41-60(67)61-42-56(34-38-68(61)76)50-25-13-4-14-26-50/h1-25,27-45,50H,26H2. The predicted molar refractivity (Wildman–Crippen MR) is 314 cm³/mol. The van der Waals surface area contributed by atoms with Crippen LogP contribution in [0.25, 0.3) is 122 Å². The lowest BCUT2D eigenvalue weighted by Gasteiger charge is -2.19. The maximum Gasteiger partial charge on any atom is 0.160 e. The fraction of sp³-hybridized carbons (Fsp3) is 0.0282. The molecule has 0 saturated carbocycles. The van der Waals surface area contributed by atoms with Crippen LogP contribution < -0.4 is 0 Å². The van der Waals surface area contributed by atoms with Crippen molar-refractivity contribution in [2.45, 2.75) is 12.3 Å². The Morgan fingerprint density at radius 1 is 0.368 bits per heavy atom. The summed E-state index contributed by atoms with van der Waals surface area (Å²) >= 11 is 0. The summed E-state index contributed by atoms with van der Waals surface area (Å²) in [5.74, 6) is 0.873. The van der Waals surface area contributed by atoms with Crippen LogP contribution in [0.5, 0.6) is 0 Å². The summed E-state index contributed by atoms with van der Waals surface area (Å²) in [4.78, 5) is 10.6. The Hall–Kier alpha value is -10.2. The molecule has 14 rings (SSSR count). The average molecular weight is 970 g/mol. The number of nitriles is 1. The Bertz CT molecular complexity index is 4310. The summed E-state index contributed by atoms with van der Waals surface area (Å²) < 4.78 is 4.62. The van der Waals surface area contributed by atoms with Crippen molar-refractivity contribution in [1.29, 1.82) is 5.26 Å². The highest BCUT2D eigenvalue weighted by Gasteiger charge is 2.25. The zero-order valence-corrected chi connectivity index (χ0v) is 41.4. The number of fused-ring (bicyclic) bond motifs is 6. The summed E-state index contributed by atoms with van der Waals surface area (Å²) in [5.41, 5.74) is 18.4. The van der Waals surface area contributed by atoms with E-state index < -0.39 is 0 Å². The van der Waals surface area contributed by atoms with E-state index in [2.05, 4.69) is 246 Å². The molecule has 13 aromatic rings. The molecular weight excluding hydrogens is 923 g/mol. The lowest BCUT2D eigenvalue weighted by molar-refractivity contribution is 0.855. The molecule has 1 aliphatic carbocycles. The number of rotatable bonds is 9. The molecule has 0 amide bonds. The number of allylic oxidation sites excluding steroid dienone is 4. The van der Waals surface area contributed by atoms with Gasteiger partial charge in [-0.3, -0.25) is 0 Å². The molecule has 5 heteroatoms. The van der Waals surface area contributed by atoms with Crippen LogP contribution in [0.3, 0.4) is 0 Å². The van der Waals surface area contributed by atoms with Crippen LogP contribution in [0.1, 0.15) is 23.5 Å². The Labute approximate surface area is 440 Å². The molecule has 0 radical (unpaired) electrons. The van der Waals surface area contributed by atoms with Gasteiger partial charge in [0.25, 0.3) is 0 Å². The molecule has 3 aromatic heterocycles. The minimum atomic E-state index is 0.255. The monoisotopic (exact) mass is 969 g/mol. The van der Waals surface area contributed by atoms with Gasteiger partial charge in [-0.2, -0.15) is 5.26 Å². The van der Waals surface area contributed by atoms with Crippen molar-refractivity contribution in [2.24, 2.45) is 0 Å². The molecule has 10 aromatic carbocycles. The van der Waals surface area contributed by atoms with Gasteiger partial charge in [-0.1, -0.05) is 200 Å². The highest BCUT2D eigenvalue weighted by Crippen LogP contribution is 2.44. The lowest BCUT2D eigenvalue weighted by Crippen LogP contribution is -2.06. The largest absolute Gasteiger partial charge is 0.308 e. The summed E-state index contributed by atoms with van der Waals surface area (Å²) in [6, 6.07) is 88.6. The molecule has 0 bridgehead atoms. The van der Waals surface area contributed by atoms with Gasteiger partial charge >= 0.3 is 0 Å². The summed E-state index contributed by atoms with van der Waals surface area (Å²) in [7, 11) is 0. The topological polar surface area (TPSA) is 59.4 Å². The van der Waals surface area contributed by atoms with E-state index in [4.69, 9.17) is 9.97 Å². The maximum atomic E-state index is 12.0. The predicted octanol–water partition coefficient (Wildman–Crippen LogP) is 18.1. The van der Waals surface area contributed by atoms with Gasteiger partial charge in [0.2, 0.25) is 0 Å². The van der Waals surface area contributed by atoms with E-state index in [-0.39, 0.29) is 5.92 Å². The van der Waals surface area contributed by atoms with Gasteiger partial charge in [0.1, 0.15) is 11.6 Å². The molecule has 1 atom stereocenters. The van der Waals surface area contributed by atoms with Crippen LogP contribution >= 0.6 is 0 Å². The lowest BCUT2D eigenvalue weighted by atomic mass is 9.91. The zero-order chi connectivity index (χ0) is 50.5. The van der Waals surface area contributed by atoms with Gasteiger partial charge in [-0.05, 0) is 112 Å². The van der Waals surface area contributed by atoms with Crippen LogP contribution in [-0.4, -0.2) is 19.1 Å². The highest BCUT2D eigenvalue weighted by molar-refractivity contribution is 6.13. The normalized spacial score (nSPS) is 13.2. The number of hydrogen-bond acceptors (Lipinski definition) is 3. The van der Waals surface area contributed by atoms with Gasteiger partial charge in [-0.15, -0.1) is 0 Å². The fourth-order valence-electron chi connectivity index (χ4n) is 11.4. The van der Waals surface area contributed by atoms with E-state index >= 15 is 0 Å². The first-order valence-corrected chi connectivity index (χ1v) is 25.9. The van der Waals surface area contributed by atoms with Crippen molar-refractivity contribution in [2.75, 3.05) is 0 Å². The molecule has 5 nitrogen and oxygen atoms in total. The second-order valence-electron chi connectivity index (χ2n) is 19.6. The van der Waals surface area contributed by atoms with E-state index in [9.17, 15) is 5.26 Å². The van der Waals surface area contributed by atoms with Crippen molar-refractivity contribution >= 4 is 43.6 Å². The van der Waals surface area contributed by atoms with Gasteiger partial charge in [-0.25, -0.2) is 9.97 Å².